The number of hydrogen-bond acceptors (Lipinski definition) is 2. The van der Waals surface area contributed by atoms with Crippen LogP contribution in [0.5, 0.6) is 5.75 Å². The van der Waals surface area contributed by atoms with Crippen molar-refractivity contribution < 1.29 is 4.74 Å². The Hall–Kier alpha value is -1.28. The maximum atomic E-state index is 6.20. The van der Waals surface area contributed by atoms with Crippen LogP contribution in [0.15, 0.2) is 35.7 Å². The van der Waals surface area contributed by atoms with Crippen molar-refractivity contribution >= 4 is 11.3 Å². The van der Waals surface area contributed by atoms with Gasteiger partial charge in [0.1, 0.15) is 11.9 Å². The summed E-state index contributed by atoms with van der Waals surface area (Å²) in [5.74, 6) is 1.08. The average molecular weight is 286 g/mol. The smallest absolute Gasteiger partial charge is 0.123 e. The largest absolute Gasteiger partial charge is 0.489 e. The molecule has 0 N–H and O–H groups in total. The van der Waals surface area contributed by atoms with Gasteiger partial charge in [-0.3, -0.25) is 0 Å². The van der Waals surface area contributed by atoms with E-state index in [2.05, 4.69) is 56.5 Å². The number of benzene rings is 1. The van der Waals surface area contributed by atoms with Crippen molar-refractivity contribution in [3.8, 4) is 16.2 Å². The number of hydrogen-bond donors (Lipinski definition) is 0. The molecule has 1 aliphatic rings. The topological polar surface area (TPSA) is 9.23 Å². The van der Waals surface area contributed by atoms with E-state index in [4.69, 9.17) is 4.74 Å². The Bertz CT molecular complexity index is 583. The lowest BCUT2D eigenvalue weighted by molar-refractivity contribution is 0.152. The second kappa shape index (κ2) is 5.25. The molecule has 0 saturated heterocycles. The molecule has 1 aromatic carbocycles. The minimum atomic E-state index is 0.109. The Balaban J connectivity index is 1.94. The maximum Gasteiger partial charge on any atom is 0.123 e. The number of unbranched alkanes of at least 4 members (excludes halogenated alkanes) is 1. The lowest BCUT2D eigenvalue weighted by Crippen LogP contribution is -2.32. The number of ether oxygens (including phenoxy) is 1. The Labute approximate surface area is 125 Å². The molecule has 20 heavy (non-hydrogen) atoms. The molecule has 1 aromatic heterocycles. The van der Waals surface area contributed by atoms with Crippen LogP contribution in [0.1, 0.15) is 45.6 Å². The second-order valence-electron chi connectivity index (χ2n) is 6.16. The molecule has 3 rings (SSSR count). The molecule has 1 aliphatic heterocycles. The van der Waals surface area contributed by atoms with Gasteiger partial charge in [0.25, 0.3) is 0 Å². The third-order valence-corrected chi connectivity index (χ3v) is 5.29. The summed E-state index contributed by atoms with van der Waals surface area (Å²) in [4.78, 5) is 1.33. The van der Waals surface area contributed by atoms with Crippen molar-refractivity contribution in [2.24, 2.45) is 0 Å². The minimum absolute atomic E-state index is 0.109. The summed E-state index contributed by atoms with van der Waals surface area (Å²) in [7, 11) is 0. The van der Waals surface area contributed by atoms with E-state index in [0.717, 1.165) is 12.2 Å². The molecule has 1 unspecified atom stereocenters. The Morgan fingerprint density at radius 1 is 1.25 bits per heavy atom. The molecule has 0 spiro atoms. The van der Waals surface area contributed by atoms with E-state index in [9.17, 15) is 0 Å². The zero-order valence-corrected chi connectivity index (χ0v) is 13.3. The molecule has 106 valence electrons. The third kappa shape index (κ3) is 2.26. The fourth-order valence-corrected chi connectivity index (χ4v) is 3.74. The van der Waals surface area contributed by atoms with Crippen LogP contribution in [-0.2, 0) is 5.41 Å². The molecule has 2 heterocycles. The van der Waals surface area contributed by atoms with Crippen molar-refractivity contribution in [1.82, 2.24) is 0 Å². The van der Waals surface area contributed by atoms with Gasteiger partial charge < -0.3 is 4.74 Å². The van der Waals surface area contributed by atoms with Crippen LogP contribution in [0.25, 0.3) is 10.4 Å². The Morgan fingerprint density at radius 2 is 2.10 bits per heavy atom. The second-order valence-corrected chi connectivity index (χ2v) is 7.11. The monoisotopic (exact) mass is 286 g/mol. The molecule has 1 nitrogen and oxygen atoms in total. The van der Waals surface area contributed by atoms with Crippen LogP contribution in [-0.4, -0.2) is 6.10 Å². The lowest BCUT2D eigenvalue weighted by Gasteiger charge is -2.26. The lowest BCUT2D eigenvalue weighted by atomic mass is 9.79. The van der Waals surface area contributed by atoms with E-state index in [1.165, 1.54) is 28.8 Å². The first-order valence-electron chi connectivity index (χ1n) is 7.48. The van der Waals surface area contributed by atoms with Crippen molar-refractivity contribution in [2.45, 2.75) is 51.6 Å². The highest BCUT2D eigenvalue weighted by molar-refractivity contribution is 7.13. The molecule has 1 atom stereocenters. The molecule has 0 aliphatic carbocycles. The molecular formula is C18H22OS. The first-order chi connectivity index (χ1) is 9.63. The molecule has 0 bridgehead atoms. The van der Waals surface area contributed by atoms with Crippen LogP contribution >= 0.6 is 11.3 Å². The Kier molecular flexibility index (Phi) is 3.59. The number of rotatable bonds is 4. The number of thiophene rings is 1. The third-order valence-electron chi connectivity index (χ3n) is 4.37. The van der Waals surface area contributed by atoms with Crippen molar-refractivity contribution in [1.29, 1.82) is 0 Å². The highest BCUT2D eigenvalue weighted by Gasteiger charge is 2.41. The predicted octanol–water partition coefficient (Wildman–Crippen LogP) is 5.64. The number of fused-ring (bicyclic) bond motifs is 1. The van der Waals surface area contributed by atoms with Crippen LogP contribution in [0.3, 0.4) is 0 Å². The van der Waals surface area contributed by atoms with Gasteiger partial charge in [-0.15, -0.1) is 11.3 Å². The molecule has 0 saturated carbocycles. The zero-order valence-electron chi connectivity index (χ0n) is 12.5. The van der Waals surface area contributed by atoms with Crippen molar-refractivity contribution in [3.05, 3.63) is 41.3 Å². The van der Waals surface area contributed by atoms with Gasteiger partial charge in [0, 0.05) is 15.9 Å². The minimum Gasteiger partial charge on any atom is -0.489 e. The summed E-state index contributed by atoms with van der Waals surface area (Å²) in [6.45, 7) is 6.87. The standard InChI is InChI=1S/C18H22OS/c1-4-5-8-17-18(2,3)14-12-13(9-10-15(14)19-17)16-7-6-11-20-16/h6-7,9-12,17H,4-5,8H2,1-3H3. The van der Waals surface area contributed by atoms with E-state index in [-0.39, 0.29) is 5.41 Å². The van der Waals surface area contributed by atoms with Gasteiger partial charge in [0.15, 0.2) is 0 Å². The van der Waals surface area contributed by atoms with E-state index in [0.29, 0.717) is 6.10 Å². The van der Waals surface area contributed by atoms with Gasteiger partial charge in [-0.1, -0.05) is 39.7 Å². The highest BCUT2D eigenvalue weighted by atomic mass is 32.1. The van der Waals surface area contributed by atoms with Crippen LogP contribution in [0, 0.1) is 0 Å². The molecule has 0 fully saturated rings. The van der Waals surface area contributed by atoms with Crippen molar-refractivity contribution in [3.63, 3.8) is 0 Å². The van der Waals surface area contributed by atoms with Gasteiger partial charge in [-0.25, -0.2) is 0 Å². The van der Waals surface area contributed by atoms with Gasteiger partial charge in [-0.05, 0) is 41.6 Å². The normalized spacial score (nSPS) is 19.6. The van der Waals surface area contributed by atoms with E-state index < -0.39 is 0 Å². The summed E-state index contributed by atoms with van der Waals surface area (Å²) < 4.78 is 6.20. The van der Waals surface area contributed by atoms with Crippen LogP contribution < -0.4 is 4.74 Å². The predicted molar refractivity (Wildman–Crippen MR) is 86.7 cm³/mol. The van der Waals surface area contributed by atoms with Gasteiger partial charge in [-0.2, -0.15) is 0 Å². The highest BCUT2D eigenvalue weighted by Crippen LogP contribution is 2.46. The molecule has 0 radical (unpaired) electrons. The summed E-state index contributed by atoms with van der Waals surface area (Å²) in [6.07, 6.45) is 3.93. The fraction of sp³-hybridized carbons (Fsp3) is 0.444. The SMILES string of the molecule is CCCCC1Oc2ccc(-c3cccs3)cc2C1(C)C. The quantitative estimate of drug-likeness (QED) is 0.706. The van der Waals surface area contributed by atoms with Crippen LogP contribution in [0.4, 0.5) is 0 Å². The van der Waals surface area contributed by atoms with Crippen molar-refractivity contribution in [2.75, 3.05) is 0 Å². The summed E-state index contributed by atoms with van der Waals surface area (Å²) >= 11 is 1.80. The van der Waals surface area contributed by atoms with E-state index >= 15 is 0 Å². The first kappa shape index (κ1) is 13.7. The molecule has 2 aromatic rings. The molecule has 0 amide bonds. The van der Waals surface area contributed by atoms with E-state index in [1.54, 1.807) is 11.3 Å². The maximum absolute atomic E-state index is 6.20. The summed E-state index contributed by atoms with van der Waals surface area (Å²) in [6, 6.07) is 11.0. The van der Waals surface area contributed by atoms with Crippen LogP contribution in [0.2, 0.25) is 0 Å². The van der Waals surface area contributed by atoms with Gasteiger partial charge in [0.2, 0.25) is 0 Å². The van der Waals surface area contributed by atoms with E-state index in [1.807, 2.05) is 0 Å². The Morgan fingerprint density at radius 3 is 2.80 bits per heavy atom. The first-order valence-corrected chi connectivity index (χ1v) is 8.36. The zero-order chi connectivity index (χ0) is 14.2. The molecule has 2 heteroatoms. The van der Waals surface area contributed by atoms with Gasteiger partial charge in [0.05, 0.1) is 0 Å². The summed E-state index contributed by atoms with van der Waals surface area (Å²) in [5, 5.41) is 2.13. The summed E-state index contributed by atoms with van der Waals surface area (Å²) in [5.41, 5.74) is 2.79. The fourth-order valence-electron chi connectivity index (χ4n) is 3.02. The average Bonchev–Trinajstić information content (AvgIpc) is 3.04. The molecular weight excluding hydrogens is 264 g/mol. The van der Waals surface area contributed by atoms with Gasteiger partial charge >= 0.3 is 0 Å².